The first-order valence-corrected chi connectivity index (χ1v) is 12.2. The van der Waals surface area contributed by atoms with E-state index in [1.807, 2.05) is 50.4 Å². The molecule has 1 aliphatic rings. The molecule has 7 heteroatoms. The normalized spacial score (nSPS) is 26.5. The Hall–Kier alpha value is -1.39. The summed E-state index contributed by atoms with van der Waals surface area (Å²) in [7, 11) is 0. The van der Waals surface area contributed by atoms with Crippen LogP contribution in [-0.4, -0.2) is 23.7 Å². The van der Waals surface area contributed by atoms with Crippen molar-refractivity contribution in [2.75, 3.05) is 0 Å². The number of carbonyl (C=O) groups is 1. The van der Waals surface area contributed by atoms with Gasteiger partial charge in [0.1, 0.15) is 17.1 Å². The second-order valence-corrected chi connectivity index (χ2v) is 12.4. The van der Waals surface area contributed by atoms with Crippen LogP contribution in [0.15, 0.2) is 40.2 Å². The Kier molecular flexibility index (Phi) is 6.66. The van der Waals surface area contributed by atoms with Gasteiger partial charge in [-0.05, 0) is 65.9 Å². The van der Waals surface area contributed by atoms with E-state index in [1.54, 1.807) is 6.07 Å². The van der Waals surface area contributed by atoms with Crippen LogP contribution in [0.25, 0.3) is 0 Å². The van der Waals surface area contributed by atoms with Gasteiger partial charge in [0.25, 0.3) is 0 Å². The van der Waals surface area contributed by atoms with Crippen LogP contribution in [-0.2, 0) is 14.9 Å². The summed E-state index contributed by atoms with van der Waals surface area (Å²) in [6.45, 7) is 11.8. The van der Waals surface area contributed by atoms with Crippen molar-refractivity contribution in [3.8, 4) is 6.07 Å². The van der Waals surface area contributed by atoms with E-state index in [1.165, 1.54) is 11.3 Å². The maximum atomic E-state index is 13.4. The molecule has 3 rings (SSSR count). The molecule has 0 radical (unpaired) electrons. The van der Waals surface area contributed by atoms with E-state index in [-0.39, 0.29) is 17.4 Å². The Morgan fingerprint density at radius 3 is 2.42 bits per heavy atom. The van der Waals surface area contributed by atoms with Crippen molar-refractivity contribution >= 4 is 44.8 Å². The number of carbonyl (C=O) groups excluding carboxylic acids is 1. The quantitative estimate of drug-likeness (QED) is 0.470. The van der Waals surface area contributed by atoms with Crippen LogP contribution >= 0.6 is 38.9 Å². The van der Waals surface area contributed by atoms with Crippen molar-refractivity contribution in [2.24, 2.45) is 5.41 Å². The molecule has 1 saturated heterocycles. The van der Waals surface area contributed by atoms with E-state index in [9.17, 15) is 10.1 Å². The van der Waals surface area contributed by atoms with Gasteiger partial charge in [-0.1, -0.05) is 44.5 Å². The minimum atomic E-state index is -0.985. The second-order valence-electron chi connectivity index (χ2n) is 10.1. The average molecular weight is 524 g/mol. The molecule has 0 spiro atoms. The lowest BCUT2D eigenvalue weighted by Gasteiger charge is -2.39. The van der Waals surface area contributed by atoms with E-state index in [0.29, 0.717) is 5.02 Å². The van der Waals surface area contributed by atoms with Crippen molar-refractivity contribution in [3.05, 3.63) is 55.6 Å². The SMILES string of the molecule is CC(C)(C)OC(=O)[C@@H]1N[C@@H](C(C)(C)C)[C@](C#N)(c2cc(Br)cs2)[C@H]1c1cccc(Cl)c1. The summed E-state index contributed by atoms with van der Waals surface area (Å²) in [4.78, 5) is 14.3. The molecule has 1 aromatic heterocycles. The summed E-state index contributed by atoms with van der Waals surface area (Å²) < 4.78 is 6.71. The predicted octanol–water partition coefficient (Wildman–Crippen LogP) is 6.44. The molecule has 4 nitrogen and oxygen atoms in total. The Morgan fingerprint density at radius 2 is 1.94 bits per heavy atom. The van der Waals surface area contributed by atoms with Gasteiger partial charge < -0.3 is 4.74 Å². The molecule has 0 unspecified atom stereocenters. The lowest BCUT2D eigenvalue weighted by molar-refractivity contribution is -0.157. The number of hydrogen-bond donors (Lipinski definition) is 1. The maximum Gasteiger partial charge on any atom is 0.324 e. The summed E-state index contributed by atoms with van der Waals surface area (Å²) in [5.41, 5.74) is -1.09. The van der Waals surface area contributed by atoms with E-state index < -0.39 is 23.0 Å². The molecular weight excluding hydrogens is 496 g/mol. The largest absolute Gasteiger partial charge is 0.459 e. The molecule has 0 aliphatic carbocycles. The molecule has 1 aliphatic heterocycles. The molecule has 2 heterocycles. The van der Waals surface area contributed by atoms with Gasteiger partial charge in [0.05, 0.1) is 6.07 Å². The topological polar surface area (TPSA) is 62.1 Å². The third-order valence-corrected chi connectivity index (χ3v) is 7.60. The summed E-state index contributed by atoms with van der Waals surface area (Å²) in [5, 5.41) is 16.8. The Bertz CT molecular complexity index is 1020. The van der Waals surface area contributed by atoms with Gasteiger partial charge in [-0.25, -0.2) is 0 Å². The second kappa shape index (κ2) is 8.51. The number of benzene rings is 1. The third-order valence-electron chi connectivity index (χ3n) is 5.52. The Labute approximate surface area is 202 Å². The lowest BCUT2D eigenvalue weighted by Crippen LogP contribution is -2.50. The van der Waals surface area contributed by atoms with Crippen LogP contribution in [0.5, 0.6) is 0 Å². The van der Waals surface area contributed by atoms with Gasteiger partial charge in [-0.15, -0.1) is 11.3 Å². The van der Waals surface area contributed by atoms with E-state index in [4.69, 9.17) is 16.3 Å². The van der Waals surface area contributed by atoms with Crippen LogP contribution in [0.1, 0.15) is 57.9 Å². The van der Waals surface area contributed by atoms with Crippen molar-refractivity contribution in [2.45, 2.75) is 70.6 Å². The number of nitriles is 1. The number of esters is 1. The van der Waals surface area contributed by atoms with Gasteiger partial charge in [-0.3, -0.25) is 10.1 Å². The monoisotopic (exact) mass is 522 g/mol. The van der Waals surface area contributed by atoms with E-state index >= 15 is 0 Å². The fraction of sp³-hybridized carbons (Fsp3) is 0.500. The van der Waals surface area contributed by atoms with E-state index in [0.717, 1.165) is 14.9 Å². The van der Waals surface area contributed by atoms with Crippen molar-refractivity contribution in [1.82, 2.24) is 5.32 Å². The average Bonchev–Trinajstić information content (AvgIpc) is 3.21. The van der Waals surface area contributed by atoms with Crippen molar-refractivity contribution in [1.29, 1.82) is 5.26 Å². The molecule has 1 fully saturated rings. The van der Waals surface area contributed by atoms with E-state index in [2.05, 4.69) is 48.1 Å². The molecule has 0 amide bonds. The molecule has 0 saturated carbocycles. The number of nitrogens with zero attached hydrogens (tertiary/aromatic N) is 1. The van der Waals surface area contributed by atoms with Crippen LogP contribution in [0.4, 0.5) is 0 Å². The van der Waals surface area contributed by atoms with Gasteiger partial charge >= 0.3 is 5.97 Å². The first-order valence-electron chi connectivity index (χ1n) is 10.2. The number of nitrogens with one attached hydrogen (secondary N) is 1. The molecule has 2 aromatic rings. The number of thiophene rings is 1. The Morgan fingerprint density at radius 1 is 1.26 bits per heavy atom. The van der Waals surface area contributed by atoms with Gasteiger partial charge in [0.2, 0.25) is 0 Å². The van der Waals surface area contributed by atoms with Gasteiger partial charge in [-0.2, -0.15) is 5.26 Å². The number of rotatable bonds is 3. The number of hydrogen-bond acceptors (Lipinski definition) is 5. The molecule has 4 atom stereocenters. The fourth-order valence-electron chi connectivity index (χ4n) is 4.52. The minimum Gasteiger partial charge on any atom is -0.459 e. The molecular formula is C24H28BrClN2O2S. The first-order chi connectivity index (χ1) is 14.3. The van der Waals surface area contributed by atoms with Crippen molar-refractivity contribution < 1.29 is 9.53 Å². The molecule has 0 bridgehead atoms. The summed E-state index contributed by atoms with van der Waals surface area (Å²) >= 11 is 11.4. The first kappa shape index (κ1) is 24.3. The smallest absolute Gasteiger partial charge is 0.324 e. The summed E-state index contributed by atoms with van der Waals surface area (Å²) in [5.74, 6) is -0.833. The predicted molar refractivity (Wildman–Crippen MR) is 130 cm³/mol. The lowest BCUT2D eigenvalue weighted by atomic mass is 9.62. The number of halogens is 2. The van der Waals surface area contributed by atoms with Crippen molar-refractivity contribution in [3.63, 3.8) is 0 Å². The number of ether oxygens (including phenoxy) is 1. The van der Waals surface area contributed by atoms with Gasteiger partial charge in [0, 0.05) is 31.7 Å². The summed E-state index contributed by atoms with van der Waals surface area (Å²) in [6.07, 6.45) is 0. The van der Waals surface area contributed by atoms with Crippen LogP contribution in [0.3, 0.4) is 0 Å². The highest BCUT2D eigenvalue weighted by molar-refractivity contribution is 9.10. The molecule has 1 aromatic carbocycles. The highest BCUT2D eigenvalue weighted by Crippen LogP contribution is 2.55. The summed E-state index contributed by atoms with van der Waals surface area (Å²) in [6, 6.07) is 11.1. The highest BCUT2D eigenvalue weighted by Gasteiger charge is 2.63. The highest BCUT2D eigenvalue weighted by atomic mass is 79.9. The van der Waals surface area contributed by atoms with Crippen LogP contribution < -0.4 is 5.32 Å². The van der Waals surface area contributed by atoms with Crippen LogP contribution in [0, 0.1) is 16.7 Å². The zero-order valence-electron chi connectivity index (χ0n) is 18.6. The Balaban J connectivity index is 2.29. The zero-order chi connectivity index (χ0) is 23.2. The van der Waals surface area contributed by atoms with Crippen LogP contribution in [0.2, 0.25) is 5.02 Å². The standard InChI is InChI=1S/C24H28BrClN2O2S/c1-22(2,3)21-24(13-27,17-11-15(25)12-31-17)18(14-8-7-9-16(26)10-14)19(28-21)20(29)30-23(4,5)6/h7-12,18-19,21,28H,1-6H3/t18-,19+,21-,24+/m0/s1. The minimum absolute atomic E-state index is 0.294. The fourth-order valence-corrected chi connectivity index (χ4v) is 6.37. The van der Waals surface area contributed by atoms with Gasteiger partial charge in [0.15, 0.2) is 0 Å². The third kappa shape index (κ3) is 4.71. The molecule has 1 N–H and O–H groups in total. The molecule has 166 valence electrons. The molecule has 31 heavy (non-hydrogen) atoms. The maximum absolute atomic E-state index is 13.4. The zero-order valence-corrected chi connectivity index (χ0v) is 21.8.